The van der Waals surface area contributed by atoms with Crippen LogP contribution in [0.3, 0.4) is 0 Å². The Bertz CT molecular complexity index is 1110. The topological polar surface area (TPSA) is 131 Å². The van der Waals surface area contributed by atoms with Crippen molar-refractivity contribution in [2.24, 2.45) is 0 Å². The molecule has 0 radical (unpaired) electrons. The second-order valence-electron chi connectivity index (χ2n) is 14.5. The van der Waals surface area contributed by atoms with Gasteiger partial charge in [-0.15, -0.1) is 0 Å². The van der Waals surface area contributed by atoms with Gasteiger partial charge >= 0.3 is 11.9 Å². The number of esters is 2. The van der Waals surface area contributed by atoms with Crippen LogP contribution in [0.1, 0.15) is 136 Å². The van der Waals surface area contributed by atoms with Crippen molar-refractivity contribution in [1.29, 1.82) is 0 Å². The maximum absolute atomic E-state index is 12.6. The lowest BCUT2D eigenvalue weighted by Crippen LogP contribution is -2.37. The number of carbonyl (C=O) groups excluding carboxylic acids is 2. The summed E-state index contributed by atoms with van der Waals surface area (Å²) in [7, 11) is 1.09. The van der Waals surface area contributed by atoms with E-state index in [-0.39, 0.29) is 26.1 Å². The summed E-state index contributed by atoms with van der Waals surface area (Å²) in [5.74, 6) is -0.958. The summed E-state index contributed by atoms with van der Waals surface area (Å²) in [6, 6.07) is 0. The predicted molar refractivity (Wildman–Crippen MR) is 214 cm³/mol. The minimum atomic E-state index is -4.65. The number of ether oxygens (including phenoxy) is 2. The highest BCUT2D eigenvalue weighted by Crippen LogP contribution is 2.38. The molecule has 0 aliphatic heterocycles. The lowest BCUT2D eigenvalue weighted by Gasteiger charge is -2.28. The van der Waals surface area contributed by atoms with Gasteiger partial charge in [-0.3, -0.25) is 14.2 Å². The van der Waals surface area contributed by atoms with Gasteiger partial charge in [-0.2, -0.15) is 0 Å². The molecule has 0 rings (SSSR count). The number of allylic oxidation sites excluding steroid dienone is 8. The van der Waals surface area contributed by atoms with Crippen LogP contribution in [0, 0.1) is 0 Å². The number of phosphoric acid groups is 1. The Morgan fingerprint density at radius 2 is 1.30 bits per heavy atom. The van der Waals surface area contributed by atoms with Gasteiger partial charge in [0.15, 0.2) is 6.10 Å². The van der Waals surface area contributed by atoms with Crippen molar-refractivity contribution in [1.82, 2.24) is 0 Å². The van der Waals surface area contributed by atoms with E-state index >= 15 is 0 Å². The van der Waals surface area contributed by atoms with E-state index in [0.717, 1.165) is 51.4 Å². The van der Waals surface area contributed by atoms with Crippen molar-refractivity contribution in [3.8, 4) is 0 Å². The zero-order valence-corrected chi connectivity index (χ0v) is 34.7. The highest BCUT2D eigenvalue weighted by atomic mass is 31.2. The number of aliphatic hydroxyl groups excluding tert-OH is 1. The van der Waals surface area contributed by atoms with Crippen LogP contribution in [0.5, 0.6) is 0 Å². The molecule has 0 aromatic carbocycles. The summed E-state index contributed by atoms with van der Waals surface area (Å²) in [5.41, 5.74) is 0. The first-order valence-electron chi connectivity index (χ1n) is 20.1. The molecule has 0 aromatic heterocycles. The molecular formula is C42H74NO9P. The van der Waals surface area contributed by atoms with Gasteiger partial charge in [-0.1, -0.05) is 120 Å². The standard InChI is InChI=1S/C42H74NO9P/c1-6-8-10-12-14-15-16-17-22-26-30-34-42(46)52-40(38-51-53(47,48)50-36-35-43(3,4)5)37-49-41(45)33-29-25-21-19-18-20-24-28-32-39(44)31-27-23-13-11-9-7-2/h12,14,19-21,23-24,27-28,32,39-40,44H,6-11,13,15-18,22,25-26,29-31,33-38H2,1-5H3/b14-12-,21-19-,24-20-,27-23-,32-28+/t39-,40-/m1/s1. The molecule has 0 fully saturated rings. The van der Waals surface area contributed by atoms with Crippen molar-refractivity contribution in [2.45, 2.75) is 148 Å². The zero-order valence-electron chi connectivity index (χ0n) is 33.8. The molecule has 1 N–H and O–H groups in total. The lowest BCUT2D eigenvalue weighted by molar-refractivity contribution is -0.870. The number of quaternary nitrogens is 1. The third-order valence-corrected chi connectivity index (χ3v) is 9.05. The largest absolute Gasteiger partial charge is 0.756 e. The van der Waals surface area contributed by atoms with Gasteiger partial charge < -0.3 is 33.0 Å². The fraction of sp³-hybridized carbons (Fsp3) is 0.714. The molecule has 0 saturated heterocycles. The summed E-state index contributed by atoms with van der Waals surface area (Å²) in [5, 5.41) is 10.0. The molecule has 10 nitrogen and oxygen atoms in total. The predicted octanol–water partition coefficient (Wildman–Crippen LogP) is 9.24. The van der Waals surface area contributed by atoms with E-state index in [9.17, 15) is 24.2 Å². The van der Waals surface area contributed by atoms with E-state index in [1.165, 1.54) is 32.1 Å². The number of likely N-dealkylation sites (N-methyl/N-ethyl adjacent to an activating group) is 1. The van der Waals surface area contributed by atoms with Crippen LogP contribution in [-0.4, -0.2) is 81.2 Å². The Morgan fingerprint density at radius 3 is 2.02 bits per heavy atom. The third kappa shape index (κ3) is 37.8. The number of nitrogens with zero attached hydrogens (tertiary/aromatic N) is 1. The Hall–Kier alpha value is -2.33. The Balaban J connectivity index is 4.58. The fourth-order valence-corrected chi connectivity index (χ4v) is 5.56. The van der Waals surface area contributed by atoms with E-state index in [1.807, 2.05) is 57.6 Å². The molecule has 11 heteroatoms. The highest BCUT2D eigenvalue weighted by molar-refractivity contribution is 7.45. The van der Waals surface area contributed by atoms with E-state index < -0.39 is 38.6 Å². The second-order valence-corrected chi connectivity index (χ2v) is 15.9. The van der Waals surface area contributed by atoms with Crippen LogP contribution in [0.15, 0.2) is 60.8 Å². The van der Waals surface area contributed by atoms with Gasteiger partial charge in [-0.25, -0.2) is 0 Å². The van der Waals surface area contributed by atoms with Crippen LogP contribution >= 0.6 is 7.82 Å². The number of carbonyl (C=O) groups is 2. The van der Waals surface area contributed by atoms with Crippen LogP contribution in [0.2, 0.25) is 0 Å². The first kappa shape index (κ1) is 50.7. The number of rotatable bonds is 35. The number of unbranched alkanes of at least 4 members (excludes halogenated alkanes) is 11. The smallest absolute Gasteiger partial charge is 0.306 e. The van der Waals surface area contributed by atoms with Gasteiger partial charge in [0.1, 0.15) is 19.8 Å². The normalized spacial score (nSPS) is 14.9. The van der Waals surface area contributed by atoms with Gasteiger partial charge in [0.2, 0.25) is 0 Å². The first-order chi connectivity index (χ1) is 25.4. The van der Waals surface area contributed by atoms with E-state index in [2.05, 4.69) is 32.1 Å². The molecule has 0 aromatic rings. The highest BCUT2D eigenvalue weighted by Gasteiger charge is 2.21. The summed E-state index contributed by atoms with van der Waals surface area (Å²) in [6.07, 6.45) is 35.7. The molecule has 0 bridgehead atoms. The quantitative estimate of drug-likeness (QED) is 0.0167. The summed E-state index contributed by atoms with van der Waals surface area (Å²) < 4.78 is 33.6. The Morgan fingerprint density at radius 1 is 0.698 bits per heavy atom. The monoisotopic (exact) mass is 768 g/mol. The minimum Gasteiger partial charge on any atom is -0.756 e. The Kier molecular flexibility index (Phi) is 32.7. The van der Waals surface area contributed by atoms with Crippen LogP contribution < -0.4 is 4.89 Å². The minimum absolute atomic E-state index is 0.0534. The molecular weight excluding hydrogens is 693 g/mol. The third-order valence-electron chi connectivity index (χ3n) is 8.09. The van der Waals surface area contributed by atoms with Gasteiger partial charge in [0.05, 0.1) is 33.9 Å². The second kappa shape index (κ2) is 34.2. The van der Waals surface area contributed by atoms with Crippen molar-refractivity contribution in [2.75, 3.05) is 47.5 Å². The van der Waals surface area contributed by atoms with Crippen LogP contribution in [-0.2, 0) is 32.7 Å². The van der Waals surface area contributed by atoms with Crippen molar-refractivity contribution in [3.05, 3.63) is 60.8 Å². The molecule has 0 amide bonds. The summed E-state index contributed by atoms with van der Waals surface area (Å²) >= 11 is 0. The summed E-state index contributed by atoms with van der Waals surface area (Å²) in [4.78, 5) is 37.3. The molecule has 0 heterocycles. The summed E-state index contributed by atoms with van der Waals surface area (Å²) in [6.45, 7) is 3.96. The van der Waals surface area contributed by atoms with Gasteiger partial charge in [-0.05, 0) is 64.2 Å². The van der Waals surface area contributed by atoms with E-state index in [0.29, 0.717) is 36.7 Å². The number of hydrogen-bond donors (Lipinski definition) is 1. The van der Waals surface area contributed by atoms with Crippen LogP contribution in [0.4, 0.5) is 0 Å². The maximum Gasteiger partial charge on any atom is 0.306 e. The lowest BCUT2D eigenvalue weighted by atomic mass is 10.1. The van der Waals surface area contributed by atoms with E-state index in [4.69, 9.17) is 18.5 Å². The van der Waals surface area contributed by atoms with E-state index in [1.54, 1.807) is 6.08 Å². The molecule has 3 atom stereocenters. The van der Waals surface area contributed by atoms with Crippen molar-refractivity contribution >= 4 is 19.8 Å². The molecule has 53 heavy (non-hydrogen) atoms. The SMILES string of the molecule is CCCC/C=C\CCCCCCCC(=O)O[C@H](COC(=O)CCC/C=C\C/C=C\C=C\[C@H](O)C/C=C\CCCCC)COP(=O)([O-])OCC[N+](C)(C)C. The fourth-order valence-electron chi connectivity index (χ4n) is 4.83. The van der Waals surface area contributed by atoms with Gasteiger partial charge in [0, 0.05) is 12.8 Å². The molecule has 0 aliphatic carbocycles. The first-order valence-corrected chi connectivity index (χ1v) is 21.6. The molecule has 0 spiro atoms. The average molecular weight is 768 g/mol. The molecule has 0 aliphatic rings. The molecule has 1 unspecified atom stereocenters. The maximum atomic E-state index is 12.6. The molecule has 306 valence electrons. The number of phosphoric ester groups is 1. The van der Waals surface area contributed by atoms with Crippen molar-refractivity contribution in [3.63, 3.8) is 0 Å². The Labute approximate surface area is 322 Å². The number of hydrogen-bond acceptors (Lipinski definition) is 9. The zero-order chi connectivity index (χ0) is 39.5. The van der Waals surface area contributed by atoms with Gasteiger partial charge in [0.25, 0.3) is 7.82 Å². The van der Waals surface area contributed by atoms with Crippen molar-refractivity contribution < 1.29 is 47.2 Å². The van der Waals surface area contributed by atoms with Crippen LogP contribution in [0.25, 0.3) is 0 Å². The molecule has 0 saturated carbocycles. The number of aliphatic hydroxyl groups is 1. The average Bonchev–Trinajstić information content (AvgIpc) is 3.10.